The van der Waals surface area contributed by atoms with Gasteiger partial charge in [-0.15, -0.1) is 0 Å². The third-order valence-corrected chi connectivity index (χ3v) is 4.85. The molecule has 25 heavy (non-hydrogen) atoms. The molecule has 1 aromatic carbocycles. The Labute approximate surface area is 148 Å². The minimum atomic E-state index is -0.270. The molecule has 2 saturated heterocycles. The van der Waals surface area contributed by atoms with E-state index in [1.54, 1.807) is 0 Å². The summed E-state index contributed by atoms with van der Waals surface area (Å²) in [5, 5.41) is 2.68. The van der Waals surface area contributed by atoms with Gasteiger partial charge in [0, 0.05) is 45.8 Å². The van der Waals surface area contributed by atoms with Crippen LogP contribution in [0.2, 0.25) is 0 Å². The zero-order valence-electron chi connectivity index (χ0n) is 14.7. The van der Waals surface area contributed by atoms with E-state index in [4.69, 9.17) is 4.74 Å². The number of benzene rings is 1. The van der Waals surface area contributed by atoms with Crippen LogP contribution in [0.15, 0.2) is 30.3 Å². The number of ether oxygens (including phenoxy) is 1. The van der Waals surface area contributed by atoms with Crippen LogP contribution in [0.5, 0.6) is 5.75 Å². The van der Waals surface area contributed by atoms with Crippen molar-refractivity contribution in [2.75, 3.05) is 52.4 Å². The largest absolute Gasteiger partial charge is 0.492 e. The molecule has 7 heteroatoms. The van der Waals surface area contributed by atoms with E-state index in [0.717, 1.165) is 38.5 Å². The van der Waals surface area contributed by atoms with Gasteiger partial charge in [-0.2, -0.15) is 0 Å². The lowest BCUT2D eigenvalue weighted by Gasteiger charge is -2.38. The zero-order valence-corrected chi connectivity index (χ0v) is 14.7. The molecule has 0 unspecified atom stereocenters. The van der Waals surface area contributed by atoms with Crippen LogP contribution < -0.4 is 10.1 Å². The first-order chi connectivity index (χ1) is 12.1. The highest BCUT2D eigenvalue weighted by atomic mass is 16.5. The second-order valence-electron chi connectivity index (χ2n) is 6.44. The van der Waals surface area contributed by atoms with Gasteiger partial charge in [0.15, 0.2) is 0 Å². The Morgan fingerprint density at radius 2 is 1.88 bits per heavy atom. The maximum Gasteiger partial charge on any atom is 0.324 e. The fraction of sp³-hybridized carbons (Fsp3) is 0.556. The van der Waals surface area contributed by atoms with E-state index >= 15 is 0 Å². The highest BCUT2D eigenvalue weighted by Gasteiger charge is 2.33. The van der Waals surface area contributed by atoms with E-state index in [9.17, 15) is 9.59 Å². The number of amides is 3. The van der Waals surface area contributed by atoms with Crippen molar-refractivity contribution in [2.45, 2.75) is 13.0 Å². The summed E-state index contributed by atoms with van der Waals surface area (Å²) in [4.78, 5) is 29.9. The Balaban J connectivity index is 1.39. The first-order valence-corrected chi connectivity index (χ1v) is 8.88. The van der Waals surface area contributed by atoms with Crippen molar-refractivity contribution in [2.24, 2.45) is 0 Å². The second kappa shape index (κ2) is 8.31. The van der Waals surface area contributed by atoms with Gasteiger partial charge in [0.25, 0.3) is 0 Å². The van der Waals surface area contributed by atoms with Crippen molar-refractivity contribution in [1.29, 1.82) is 0 Å². The van der Waals surface area contributed by atoms with E-state index in [0.29, 0.717) is 19.7 Å². The van der Waals surface area contributed by atoms with Gasteiger partial charge in [-0.05, 0) is 19.1 Å². The number of urea groups is 1. The summed E-state index contributed by atoms with van der Waals surface area (Å²) in [5.74, 6) is 0.792. The summed E-state index contributed by atoms with van der Waals surface area (Å²) in [5.41, 5.74) is 0. The summed E-state index contributed by atoms with van der Waals surface area (Å²) in [6.07, 6.45) is 0. The average molecular weight is 346 g/mol. The van der Waals surface area contributed by atoms with Crippen LogP contribution in [0.25, 0.3) is 0 Å². The Bertz CT molecular complexity index is 587. The zero-order chi connectivity index (χ0) is 17.6. The van der Waals surface area contributed by atoms with Crippen molar-refractivity contribution in [3.05, 3.63) is 30.3 Å². The number of rotatable bonds is 6. The summed E-state index contributed by atoms with van der Waals surface area (Å²) >= 11 is 0. The second-order valence-corrected chi connectivity index (χ2v) is 6.44. The van der Waals surface area contributed by atoms with Gasteiger partial charge in [0.05, 0.1) is 6.04 Å². The van der Waals surface area contributed by atoms with Crippen molar-refractivity contribution in [1.82, 2.24) is 20.0 Å². The van der Waals surface area contributed by atoms with Crippen LogP contribution in [0.1, 0.15) is 6.92 Å². The van der Waals surface area contributed by atoms with Crippen molar-refractivity contribution in [3.8, 4) is 5.75 Å². The molecular weight excluding hydrogens is 320 g/mol. The summed E-state index contributed by atoms with van der Waals surface area (Å²) in [6.45, 7) is 7.91. The molecule has 0 bridgehead atoms. The first-order valence-electron chi connectivity index (χ1n) is 8.88. The maximum atomic E-state index is 12.5. The van der Waals surface area contributed by atoms with Gasteiger partial charge in [-0.1, -0.05) is 18.2 Å². The predicted molar refractivity (Wildman–Crippen MR) is 94.5 cm³/mol. The molecule has 2 aliphatic rings. The molecular formula is C18H26N4O3. The molecule has 3 amide bonds. The third-order valence-electron chi connectivity index (χ3n) is 4.85. The number of nitrogens with zero attached hydrogens (tertiary/aromatic N) is 3. The van der Waals surface area contributed by atoms with Crippen LogP contribution in [0.3, 0.4) is 0 Å². The Hall–Kier alpha value is -2.12. The maximum absolute atomic E-state index is 12.5. The minimum Gasteiger partial charge on any atom is -0.492 e. The topological polar surface area (TPSA) is 65.1 Å². The predicted octanol–water partition coefficient (Wildman–Crippen LogP) is 0.623. The molecule has 0 aromatic heterocycles. The van der Waals surface area contributed by atoms with E-state index in [-0.39, 0.29) is 18.0 Å². The number of carbonyl (C=O) groups is 2. The molecule has 1 atom stereocenters. The molecule has 0 spiro atoms. The molecule has 7 nitrogen and oxygen atoms in total. The van der Waals surface area contributed by atoms with Gasteiger partial charge < -0.3 is 10.1 Å². The standard InChI is InChI=1S/C18H26N4O3/c1-15(17(23)22-8-7-19-18(22)24)21-11-9-20(10-12-21)13-14-25-16-5-3-2-4-6-16/h2-6,15H,7-14H2,1H3,(H,19,24)/t15-/m0/s1. The molecule has 2 fully saturated rings. The van der Waals surface area contributed by atoms with Gasteiger partial charge in [0.1, 0.15) is 12.4 Å². The number of hydrogen-bond donors (Lipinski definition) is 1. The van der Waals surface area contributed by atoms with Crippen LogP contribution >= 0.6 is 0 Å². The molecule has 3 rings (SSSR count). The third kappa shape index (κ3) is 4.49. The van der Waals surface area contributed by atoms with Crippen molar-refractivity contribution in [3.63, 3.8) is 0 Å². The highest BCUT2D eigenvalue weighted by Crippen LogP contribution is 2.12. The Kier molecular flexibility index (Phi) is 5.88. The SMILES string of the molecule is C[C@@H](C(=O)N1CCNC1=O)N1CCN(CCOc2ccccc2)CC1. The number of imide groups is 1. The molecule has 1 N–H and O–H groups in total. The smallest absolute Gasteiger partial charge is 0.324 e. The molecule has 0 aliphatic carbocycles. The summed E-state index contributed by atoms with van der Waals surface area (Å²) in [7, 11) is 0. The first kappa shape index (κ1) is 17.7. The average Bonchev–Trinajstić information content (AvgIpc) is 3.08. The van der Waals surface area contributed by atoms with Crippen LogP contribution in [-0.4, -0.2) is 85.1 Å². The van der Waals surface area contributed by atoms with Crippen molar-refractivity contribution >= 4 is 11.9 Å². The molecule has 1 aromatic rings. The van der Waals surface area contributed by atoms with E-state index in [1.807, 2.05) is 37.3 Å². The lowest BCUT2D eigenvalue weighted by atomic mass is 10.2. The molecule has 2 aliphatic heterocycles. The summed E-state index contributed by atoms with van der Waals surface area (Å²) < 4.78 is 5.74. The lowest BCUT2D eigenvalue weighted by molar-refractivity contribution is -0.133. The molecule has 2 heterocycles. The fourth-order valence-electron chi connectivity index (χ4n) is 3.25. The molecule has 0 saturated carbocycles. The van der Waals surface area contributed by atoms with Crippen molar-refractivity contribution < 1.29 is 14.3 Å². The Morgan fingerprint density at radius 1 is 1.16 bits per heavy atom. The van der Waals surface area contributed by atoms with Crippen LogP contribution in [0, 0.1) is 0 Å². The van der Waals surface area contributed by atoms with Crippen LogP contribution in [0.4, 0.5) is 4.79 Å². The monoisotopic (exact) mass is 346 g/mol. The number of para-hydroxylation sites is 1. The van der Waals surface area contributed by atoms with Gasteiger partial charge in [-0.3, -0.25) is 19.5 Å². The Morgan fingerprint density at radius 3 is 2.52 bits per heavy atom. The number of hydrogen-bond acceptors (Lipinski definition) is 5. The van der Waals surface area contributed by atoms with Gasteiger partial charge in [-0.25, -0.2) is 4.79 Å². The van der Waals surface area contributed by atoms with Gasteiger partial charge in [0.2, 0.25) is 5.91 Å². The minimum absolute atomic E-state index is 0.101. The van der Waals surface area contributed by atoms with E-state index < -0.39 is 0 Å². The number of nitrogens with one attached hydrogen (secondary N) is 1. The quantitative estimate of drug-likeness (QED) is 0.818. The normalized spacial score (nSPS) is 20.4. The fourth-order valence-corrected chi connectivity index (χ4v) is 3.25. The number of piperazine rings is 1. The van der Waals surface area contributed by atoms with Gasteiger partial charge >= 0.3 is 6.03 Å². The van der Waals surface area contributed by atoms with E-state index in [2.05, 4.69) is 15.1 Å². The van der Waals surface area contributed by atoms with E-state index in [1.165, 1.54) is 4.90 Å². The lowest BCUT2D eigenvalue weighted by Crippen LogP contribution is -2.55. The molecule has 136 valence electrons. The summed E-state index contributed by atoms with van der Waals surface area (Å²) in [6, 6.07) is 9.29. The van der Waals surface area contributed by atoms with Crippen LogP contribution in [-0.2, 0) is 4.79 Å². The molecule has 0 radical (unpaired) electrons. The highest BCUT2D eigenvalue weighted by molar-refractivity contribution is 5.98. The number of carbonyl (C=O) groups excluding carboxylic acids is 2.